The number of benzene rings is 1. The lowest BCUT2D eigenvalue weighted by molar-refractivity contribution is -0.121. The molecule has 2 aromatic heterocycles. The number of hydrogen-bond donors (Lipinski definition) is 1. The van der Waals surface area contributed by atoms with Crippen LogP contribution in [0.4, 0.5) is 4.39 Å². The molecule has 1 aliphatic heterocycles. The van der Waals surface area contributed by atoms with Crippen molar-refractivity contribution in [3.63, 3.8) is 0 Å². The first kappa shape index (κ1) is 20.2. The van der Waals surface area contributed by atoms with E-state index in [-0.39, 0.29) is 29.2 Å². The van der Waals surface area contributed by atoms with Crippen LogP contribution in [0.15, 0.2) is 39.9 Å². The lowest BCUT2D eigenvalue weighted by Crippen LogP contribution is -2.40. The molecule has 1 aliphatic rings. The van der Waals surface area contributed by atoms with E-state index in [1.807, 2.05) is 0 Å². The molecular formula is C21H24FN5O3. The summed E-state index contributed by atoms with van der Waals surface area (Å²) >= 11 is 0. The fraction of sp³-hybridized carbons (Fsp3) is 0.429. The topological polar surface area (TPSA) is 93.3 Å². The van der Waals surface area contributed by atoms with Crippen LogP contribution in [0.3, 0.4) is 0 Å². The van der Waals surface area contributed by atoms with Gasteiger partial charge in [-0.25, -0.2) is 9.37 Å². The molecule has 1 amide bonds. The Morgan fingerprint density at radius 3 is 2.90 bits per heavy atom. The summed E-state index contributed by atoms with van der Waals surface area (Å²) in [5, 5.41) is 6.85. The van der Waals surface area contributed by atoms with Gasteiger partial charge in [0, 0.05) is 18.7 Å². The van der Waals surface area contributed by atoms with E-state index < -0.39 is 11.4 Å². The van der Waals surface area contributed by atoms with Gasteiger partial charge >= 0.3 is 0 Å². The van der Waals surface area contributed by atoms with Crippen molar-refractivity contribution in [1.29, 1.82) is 0 Å². The fourth-order valence-electron chi connectivity index (χ4n) is 3.68. The number of rotatable bonds is 6. The number of carbonyl (C=O) groups excluding carboxylic acids is 1. The summed E-state index contributed by atoms with van der Waals surface area (Å²) in [5.74, 6) is 0.0441. The summed E-state index contributed by atoms with van der Waals surface area (Å²) in [5.41, 5.74) is 0.206. The van der Waals surface area contributed by atoms with E-state index in [1.54, 1.807) is 6.07 Å². The van der Waals surface area contributed by atoms with Crippen LogP contribution in [0.1, 0.15) is 19.8 Å². The summed E-state index contributed by atoms with van der Waals surface area (Å²) < 4.78 is 19.9. The van der Waals surface area contributed by atoms with Gasteiger partial charge in [-0.05, 0) is 44.0 Å². The lowest BCUT2D eigenvalue weighted by Gasteiger charge is -2.30. The number of amides is 1. The number of fused-ring (bicyclic) bond motifs is 1. The molecule has 0 unspecified atom stereocenters. The highest BCUT2D eigenvalue weighted by Crippen LogP contribution is 2.24. The highest BCUT2D eigenvalue weighted by molar-refractivity contribution is 5.88. The van der Waals surface area contributed by atoms with E-state index in [2.05, 4.69) is 27.3 Å². The van der Waals surface area contributed by atoms with Crippen molar-refractivity contribution in [1.82, 2.24) is 24.9 Å². The average molecular weight is 413 g/mol. The first-order chi connectivity index (χ1) is 14.5. The molecule has 1 saturated heterocycles. The van der Waals surface area contributed by atoms with Crippen molar-refractivity contribution >= 4 is 17.0 Å². The number of hydrogen-bond acceptors (Lipinski definition) is 6. The van der Waals surface area contributed by atoms with E-state index >= 15 is 0 Å². The molecule has 1 aromatic carbocycles. The van der Waals surface area contributed by atoms with Crippen molar-refractivity contribution in [3.05, 3.63) is 46.8 Å². The maximum absolute atomic E-state index is 13.6. The second-order valence-electron chi connectivity index (χ2n) is 7.77. The van der Waals surface area contributed by atoms with Crippen LogP contribution in [0.25, 0.3) is 22.4 Å². The Hall–Kier alpha value is -3.07. The van der Waals surface area contributed by atoms with Gasteiger partial charge in [-0.15, -0.1) is 0 Å². The molecule has 0 bridgehead atoms. The Kier molecular flexibility index (Phi) is 5.89. The van der Waals surface area contributed by atoms with Crippen molar-refractivity contribution in [3.8, 4) is 11.3 Å². The van der Waals surface area contributed by atoms with Crippen LogP contribution in [-0.2, 0) is 11.3 Å². The normalized spacial score (nSPS) is 15.5. The summed E-state index contributed by atoms with van der Waals surface area (Å²) in [4.78, 5) is 31.6. The first-order valence-corrected chi connectivity index (χ1v) is 10.1. The monoisotopic (exact) mass is 413 g/mol. The summed E-state index contributed by atoms with van der Waals surface area (Å²) in [7, 11) is 0. The molecule has 8 nitrogen and oxygen atoms in total. The minimum Gasteiger partial charge on any atom is -0.353 e. The number of aromatic nitrogens is 3. The third-order valence-corrected chi connectivity index (χ3v) is 5.50. The summed E-state index contributed by atoms with van der Waals surface area (Å²) in [6, 6.07) is 5.72. The van der Waals surface area contributed by atoms with Gasteiger partial charge in [0.1, 0.15) is 29.8 Å². The smallest absolute Gasteiger partial charge is 0.267 e. The van der Waals surface area contributed by atoms with Gasteiger partial charge in [-0.1, -0.05) is 24.2 Å². The number of halogens is 1. The lowest BCUT2D eigenvalue weighted by atomic mass is 9.99. The first-order valence-electron chi connectivity index (χ1n) is 10.1. The summed E-state index contributed by atoms with van der Waals surface area (Å²) in [6.45, 7) is 5.52. The third-order valence-electron chi connectivity index (χ3n) is 5.50. The Balaban J connectivity index is 1.44. The highest BCUT2D eigenvalue weighted by Gasteiger charge is 2.19. The molecule has 1 fully saturated rings. The Morgan fingerprint density at radius 1 is 1.33 bits per heavy atom. The van der Waals surface area contributed by atoms with Crippen LogP contribution in [-0.4, -0.2) is 51.7 Å². The van der Waals surface area contributed by atoms with Gasteiger partial charge in [0.15, 0.2) is 0 Å². The van der Waals surface area contributed by atoms with Crippen molar-refractivity contribution < 1.29 is 13.7 Å². The third kappa shape index (κ3) is 4.40. The zero-order valence-corrected chi connectivity index (χ0v) is 16.8. The van der Waals surface area contributed by atoms with Gasteiger partial charge in [0.05, 0.1) is 0 Å². The van der Waals surface area contributed by atoms with E-state index in [0.717, 1.165) is 25.6 Å². The molecule has 0 radical (unpaired) electrons. The average Bonchev–Trinajstić information content (AvgIpc) is 3.17. The number of piperidine rings is 1. The largest absolute Gasteiger partial charge is 0.353 e. The SMILES string of the molecule is CC1CCN(CCNC(=O)Cn2cnc3onc(-c4cccc(F)c4)c3c2=O)CC1. The minimum atomic E-state index is -0.458. The van der Waals surface area contributed by atoms with Gasteiger partial charge in [0.25, 0.3) is 11.3 Å². The molecular weight excluding hydrogens is 389 g/mol. The second kappa shape index (κ2) is 8.74. The van der Waals surface area contributed by atoms with E-state index in [1.165, 1.54) is 41.9 Å². The molecule has 158 valence electrons. The predicted octanol–water partition coefficient (Wildman–Crippen LogP) is 2.04. The van der Waals surface area contributed by atoms with Crippen LogP contribution >= 0.6 is 0 Å². The van der Waals surface area contributed by atoms with Crippen molar-refractivity contribution in [2.75, 3.05) is 26.2 Å². The minimum absolute atomic E-state index is 0.0512. The van der Waals surface area contributed by atoms with Crippen LogP contribution in [0.5, 0.6) is 0 Å². The molecule has 0 spiro atoms. The number of nitrogens with one attached hydrogen (secondary N) is 1. The van der Waals surface area contributed by atoms with Crippen molar-refractivity contribution in [2.24, 2.45) is 5.92 Å². The Bertz CT molecular complexity index is 1100. The molecule has 30 heavy (non-hydrogen) atoms. The molecule has 4 rings (SSSR count). The predicted molar refractivity (Wildman–Crippen MR) is 109 cm³/mol. The van der Waals surface area contributed by atoms with Gasteiger partial charge in [0.2, 0.25) is 5.91 Å². The second-order valence-corrected chi connectivity index (χ2v) is 7.77. The maximum Gasteiger partial charge on any atom is 0.267 e. The molecule has 9 heteroatoms. The number of nitrogens with zero attached hydrogens (tertiary/aromatic N) is 4. The van der Waals surface area contributed by atoms with E-state index in [0.29, 0.717) is 12.1 Å². The Labute approximate surface area is 172 Å². The van der Waals surface area contributed by atoms with Crippen LogP contribution in [0.2, 0.25) is 0 Å². The molecule has 0 atom stereocenters. The van der Waals surface area contributed by atoms with E-state index in [9.17, 15) is 14.0 Å². The highest BCUT2D eigenvalue weighted by atomic mass is 19.1. The maximum atomic E-state index is 13.6. The quantitative estimate of drug-likeness (QED) is 0.665. The summed E-state index contributed by atoms with van der Waals surface area (Å²) in [6.07, 6.45) is 3.62. The zero-order valence-electron chi connectivity index (χ0n) is 16.8. The standard InChI is InChI=1S/C21H24FN5O3/c1-14-5-8-26(9-6-14)10-7-23-17(28)12-27-13-24-20-18(21(27)29)19(25-30-20)15-3-2-4-16(22)11-15/h2-4,11,13-14H,5-10,12H2,1H3,(H,23,28). The molecule has 3 heterocycles. The van der Waals surface area contributed by atoms with Crippen molar-refractivity contribution in [2.45, 2.75) is 26.3 Å². The van der Waals surface area contributed by atoms with Gasteiger partial charge in [-0.3, -0.25) is 14.2 Å². The fourth-order valence-corrected chi connectivity index (χ4v) is 3.68. The number of likely N-dealkylation sites (tertiary alicyclic amines) is 1. The molecule has 0 saturated carbocycles. The zero-order chi connectivity index (χ0) is 21.1. The van der Waals surface area contributed by atoms with E-state index in [4.69, 9.17) is 4.52 Å². The van der Waals surface area contributed by atoms with Gasteiger partial charge in [-0.2, -0.15) is 0 Å². The van der Waals surface area contributed by atoms with Gasteiger partial charge < -0.3 is 14.7 Å². The molecule has 1 N–H and O–H groups in total. The van der Waals surface area contributed by atoms with Crippen LogP contribution < -0.4 is 10.9 Å². The Morgan fingerprint density at radius 2 is 2.13 bits per heavy atom. The molecule has 0 aliphatic carbocycles. The molecule has 3 aromatic rings. The van der Waals surface area contributed by atoms with Crippen LogP contribution in [0, 0.1) is 11.7 Å². The number of carbonyl (C=O) groups is 1.